The van der Waals surface area contributed by atoms with Gasteiger partial charge in [0.15, 0.2) is 0 Å². The van der Waals surface area contributed by atoms with E-state index in [1.54, 1.807) is 0 Å². The molecule has 8 aromatic rings. The van der Waals surface area contributed by atoms with Crippen LogP contribution in [0, 0.1) is 0 Å². The van der Waals surface area contributed by atoms with Crippen LogP contribution in [-0.2, 0) is 0 Å². The number of furan rings is 1. The highest BCUT2D eigenvalue weighted by atomic mass is 16.4. The van der Waals surface area contributed by atoms with Crippen molar-refractivity contribution in [1.82, 2.24) is 0 Å². The summed E-state index contributed by atoms with van der Waals surface area (Å²) in [7, 11) is 0. The summed E-state index contributed by atoms with van der Waals surface area (Å²) in [6.07, 6.45) is 0. The summed E-state index contributed by atoms with van der Waals surface area (Å²) in [6, 6.07) is 55.8. The molecule has 0 aliphatic carbocycles. The second-order valence-electron chi connectivity index (χ2n) is 12.0. The fraction of sp³-hybridized carbons (Fsp3) is 0. The van der Waals surface area contributed by atoms with E-state index >= 15 is 0 Å². The molecule has 2 aliphatic heterocycles. The first-order valence-corrected chi connectivity index (χ1v) is 15.7. The molecule has 7 aromatic carbocycles. The van der Waals surface area contributed by atoms with E-state index in [0.717, 1.165) is 72.4 Å². The van der Waals surface area contributed by atoms with Crippen molar-refractivity contribution < 1.29 is 9.07 Å². The summed E-state index contributed by atoms with van der Waals surface area (Å²) in [5, 5.41) is 2.22. The Morgan fingerprint density at radius 2 is 1.15 bits per heavy atom. The van der Waals surface area contributed by atoms with Crippen LogP contribution in [0.15, 0.2) is 162 Å². The fourth-order valence-corrected chi connectivity index (χ4v) is 7.38. The quantitative estimate of drug-likeness (QED) is 0.193. The predicted molar refractivity (Wildman–Crippen MR) is 190 cm³/mol. The van der Waals surface area contributed by atoms with Crippen molar-refractivity contribution in [1.29, 1.82) is 0 Å². The summed E-state index contributed by atoms with van der Waals surface area (Å²) in [4.78, 5) is 2.41. The lowest BCUT2D eigenvalue weighted by molar-refractivity contribution is 0.589. The van der Waals surface area contributed by atoms with Crippen LogP contribution in [0.4, 0.5) is 17.1 Å². The Hall–Kier alpha value is -6.00. The number of fused-ring (bicyclic) bond motifs is 8. The number of anilines is 3. The molecule has 10 rings (SSSR count). The Labute approximate surface area is 267 Å². The van der Waals surface area contributed by atoms with Crippen LogP contribution in [0.25, 0.3) is 55.3 Å². The fourth-order valence-electron chi connectivity index (χ4n) is 7.38. The third-order valence-electron chi connectivity index (χ3n) is 9.48. The maximum atomic E-state index is 6.97. The molecule has 0 radical (unpaired) electrons. The van der Waals surface area contributed by atoms with Gasteiger partial charge in [0, 0.05) is 44.4 Å². The van der Waals surface area contributed by atoms with Gasteiger partial charge < -0.3 is 14.0 Å². The second kappa shape index (κ2) is 9.75. The summed E-state index contributed by atoms with van der Waals surface area (Å²) in [5.41, 5.74) is 14.3. The molecular weight excluding hydrogens is 561 g/mol. The van der Waals surface area contributed by atoms with E-state index < -0.39 is 0 Å². The Balaban J connectivity index is 1.28. The van der Waals surface area contributed by atoms with E-state index in [0.29, 0.717) is 0 Å². The third-order valence-corrected chi connectivity index (χ3v) is 9.48. The molecule has 0 fully saturated rings. The smallest absolute Gasteiger partial charge is 0.431 e. The minimum absolute atomic E-state index is 0.295. The molecule has 0 bridgehead atoms. The highest BCUT2D eigenvalue weighted by Crippen LogP contribution is 2.48. The van der Waals surface area contributed by atoms with Gasteiger partial charge in [0.05, 0.1) is 0 Å². The number of benzene rings is 7. The highest BCUT2D eigenvalue weighted by Gasteiger charge is 2.44. The lowest BCUT2D eigenvalue weighted by Crippen LogP contribution is -2.56. The average Bonchev–Trinajstić information content (AvgIpc) is 3.51. The molecule has 0 amide bonds. The van der Waals surface area contributed by atoms with Crippen LogP contribution in [0.1, 0.15) is 0 Å². The number of hydrogen-bond donors (Lipinski definition) is 0. The first-order valence-electron chi connectivity index (χ1n) is 15.7. The largest absolute Gasteiger partial charge is 0.551 e. The maximum absolute atomic E-state index is 6.97. The lowest BCUT2D eigenvalue weighted by atomic mass is 9.49. The topological polar surface area (TPSA) is 25.6 Å². The van der Waals surface area contributed by atoms with Crippen LogP contribution in [0.2, 0.25) is 0 Å². The molecule has 1 aromatic heterocycles. The van der Waals surface area contributed by atoms with Crippen molar-refractivity contribution in [3.8, 4) is 39.1 Å². The molecular formula is C42H26BNO2. The molecule has 0 saturated heterocycles. The van der Waals surface area contributed by atoms with Crippen molar-refractivity contribution in [2.75, 3.05) is 4.90 Å². The zero-order valence-electron chi connectivity index (χ0n) is 24.9. The van der Waals surface area contributed by atoms with Gasteiger partial charge in [-0.1, -0.05) is 121 Å². The van der Waals surface area contributed by atoms with Crippen molar-refractivity contribution >= 4 is 56.8 Å². The Bertz CT molecular complexity index is 2450. The van der Waals surface area contributed by atoms with Crippen LogP contribution in [0.3, 0.4) is 0 Å². The first kappa shape index (κ1) is 25.3. The third kappa shape index (κ3) is 3.67. The maximum Gasteiger partial charge on any atom is 0.431 e. The Morgan fingerprint density at radius 1 is 0.500 bits per heavy atom. The summed E-state index contributed by atoms with van der Waals surface area (Å²) < 4.78 is 13.7. The molecule has 0 unspecified atom stereocenters. The standard InChI is InChI=1S/C42H26BNO2/c1-3-11-27(12-4-1)29-19-22-31(23-20-29)44-36-24-21-30(28-13-5-2-6-14-28)25-35(36)43-41-37(44)26-34-32-15-7-9-17-38(32)45-42(34)40(41)33-16-8-10-18-39(33)46-43/h1-26H. The van der Waals surface area contributed by atoms with Gasteiger partial charge in [-0.25, -0.2) is 0 Å². The van der Waals surface area contributed by atoms with Crippen molar-refractivity contribution in [3.05, 3.63) is 158 Å². The van der Waals surface area contributed by atoms with E-state index in [-0.39, 0.29) is 6.92 Å². The van der Waals surface area contributed by atoms with Crippen LogP contribution in [-0.4, -0.2) is 6.92 Å². The van der Waals surface area contributed by atoms with Gasteiger partial charge >= 0.3 is 6.92 Å². The predicted octanol–water partition coefficient (Wildman–Crippen LogP) is 9.87. The van der Waals surface area contributed by atoms with E-state index in [1.807, 2.05) is 12.1 Å². The van der Waals surface area contributed by atoms with Gasteiger partial charge in [-0.2, -0.15) is 0 Å². The molecule has 4 heteroatoms. The molecule has 2 aliphatic rings. The number of para-hydroxylation sites is 2. The van der Waals surface area contributed by atoms with Gasteiger partial charge in [-0.05, 0) is 64.1 Å². The van der Waals surface area contributed by atoms with Gasteiger partial charge in [0.25, 0.3) is 0 Å². The highest BCUT2D eigenvalue weighted by molar-refractivity contribution is 6.86. The minimum Gasteiger partial charge on any atom is -0.551 e. The number of rotatable bonds is 3. The Kier molecular flexibility index (Phi) is 5.37. The van der Waals surface area contributed by atoms with Crippen LogP contribution < -0.4 is 20.5 Å². The zero-order chi connectivity index (χ0) is 30.2. The Morgan fingerprint density at radius 3 is 1.96 bits per heavy atom. The van der Waals surface area contributed by atoms with Crippen LogP contribution in [0.5, 0.6) is 5.75 Å². The van der Waals surface area contributed by atoms with Crippen molar-refractivity contribution in [2.45, 2.75) is 0 Å². The summed E-state index contributed by atoms with van der Waals surface area (Å²) in [6.45, 7) is -0.295. The minimum atomic E-state index is -0.295. The molecule has 0 saturated carbocycles. The van der Waals surface area contributed by atoms with Crippen molar-refractivity contribution in [3.63, 3.8) is 0 Å². The number of hydrogen-bond acceptors (Lipinski definition) is 3. The van der Waals surface area contributed by atoms with E-state index in [2.05, 4.69) is 150 Å². The first-order chi connectivity index (χ1) is 22.8. The number of nitrogens with zero attached hydrogens (tertiary/aromatic N) is 1. The molecule has 3 heterocycles. The molecule has 0 N–H and O–H groups in total. The van der Waals surface area contributed by atoms with E-state index in [9.17, 15) is 0 Å². The molecule has 3 nitrogen and oxygen atoms in total. The summed E-state index contributed by atoms with van der Waals surface area (Å²) in [5.74, 6) is 0.871. The zero-order valence-corrected chi connectivity index (χ0v) is 24.9. The van der Waals surface area contributed by atoms with E-state index in [4.69, 9.17) is 9.07 Å². The lowest BCUT2D eigenvalue weighted by Gasteiger charge is -2.40. The monoisotopic (exact) mass is 587 g/mol. The molecule has 214 valence electrons. The molecule has 0 atom stereocenters. The van der Waals surface area contributed by atoms with Gasteiger partial charge in [0.2, 0.25) is 0 Å². The van der Waals surface area contributed by atoms with Gasteiger partial charge in [0.1, 0.15) is 16.9 Å². The van der Waals surface area contributed by atoms with Crippen molar-refractivity contribution in [2.24, 2.45) is 0 Å². The average molecular weight is 587 g/mol. The molecule has 46 heavy (non-hydrogen) atoms. The SMILES string of the molecule is c1ccc(-c2ccc(N3c4ccc(-c5ccccc5)cc4B4Oc5ccccc5-c5c4c3cc3c5oc4ccccc43)cc2)cc1. The normalized spacial score (nSPS) is 12.9. The van der Waals surface area contributed by atoms with E-state index in [1.165, 1.54) is 16.7 Å². The second-order valence-corrected chi connectivity index (χ2v) is 12.0. The summed E-state index contributed by atoms with van der Waals surface area (Å²) >= 11 is 0. The van der Waals surface area contributed by atoms with Gasteiger partial charge in [-0.3, -0.25) is 0 Å². The van der Waals surface area contributed by atoms with Crippen LogP contribution >= 0.6 is 0 Å². The molecule has 0 spiro atoms. The van der Waals surface area contributed by atoms with Gasteiger partial charge in [-0.15, -0.1) is 0 Å².